The molecule has 0 spiro atoms. The van der Waals surface area contributed by atoms with E-state index in [1.807, 2.05) is 23.9 Å². The van der Waals surface area contributed by atoms with Gasteiger partial charge in [-0.2, -0.15) is 31.4 Å². The van der Waals surface area contributed by atoms with E-state index in [1.165, 1.54) is 31.2 Å². The van der Waals surface area contributed by atoms with Crippen molar-refractivity contribution in [2.45, 2.75) is 76.3 Å². The molecule has 2 fully saturated rings. The lowest BCUT2D eigenvalue weighted by molar-refractivity contribution is -0.231. The minimum absolute atomic E-state index is 0.0748. The third-order valence-corrected chi connectivity index (χ3v) is 7.92. The topological polar surface area (TPSA) is 64.9 Å². The van der Waals surface area contributed by atoms with Gasteiger partial charge in [0.2, 0.25) is 0 Å². The van der Waals surface area contributed by atoms with Crippen LogP contribution in [0.5, 0.6) is 0 Å². The number of morpholine rings is 1. The quantitative estimate of drug-likeness (QED) is 0.232. The molecule has 0 bridgehead atoms. The Labute approximate surface area is 262 Å². The average Bonchev–Trinajstić information content (AvgIpc) is 3.38. The molecular weight excluding hydrogens is 623 g/mol. The van der Waals surface area contributed by atoms with Gasteiger partial charge in [-0.3, -0.25) is 4.90 Å². The van der Waals surface area contributed by atoms with Crippen LogP contribution in [-0.4, -0.2) is 64.7 Å². The minimum Gasteiger partial charge on any atom is -0.356 e. The van der Waals surface area contributed by atoms with Crippen LogP contribution in [-0.2, 0) is 39.7 Å². The van der Waals surface area contributed by atoms with Crippen LogP contribution < -0.4 is 0 Å². The SMILES string of the molecule is C[C@@H](O[C@H]1OCCN(Cc2nc(CN(C)C)n(C3CCCCO3)n2)[C@H]1c1ccc(F)cc1)c1cc(C(F)(F)F)cc(C(F)(F)F)c1. The van der Waals surface area contributed by atoms with Gasteiger partial charge in [-0.1, -0.05) is 12.1 Å². The van der Waals surface area contributed by atoms with Gasteiger partial charge in [0.15, 0.2) is 18.3 Å². The summed E-state index contributed by atoms with van der Waals surface area (Å²) in [6.45, 7) is 3.21. The largest absolute Gasteiger partial charge is 0.416 e. The molecule has 15 heteroatoms. The molecule has 8 nitrogen and oxygen atoms in total. The molecular formula is C31H36F7N5O3. The molecule has 0 aliphatic carbocycles. The summed E-state index contributed by atoms with van der Waals surface area (Å²) in [5.41, 5.74) is -2.62. The maximum atomic E-state index is 13.9. The summed E-state index contributed by atoms with van der Waals surface area (Å²) in [4.78, 5) is 8.71. The Morgan fingerprint density at radius 2 is 1.63 bits per heavy atom. The second-order valence-electron chi connectivity index (χ2n) is 11.8. The molecule has 3 heterocycles. The van der Waals surface area contributed by atoms with E-state index in [0.717, 1.165) is 19.3 Å². The number of hydrogen-bond acceptors (Lipinski definition) is 7. The van der Waals surface area contributed by atoms with Crippen LogP contribution in [0.4, 0.5) is 30.7 Å². The van der Waals surface area contributed by atoms with Gasteiger partial charge in [0.25, 0.3) is 0 Å². The summed E-state index contributed by atoms with van der Waals surface area (Å²) in [6.07, 6.45) is -9.89. The van der Waals surface area contributed by atoms with Crippen molar-refractivity contribution in [3.8, 4) is 0 Å². The predicted octanol–water partition coefficient (Wildman–Crippen LogP) is 6.89. The Bertz CT molecular complexity index is 1420. The maximum absolute atomic E-state index is 13.9. The normalized spacial score (nSPS) is 22.4. The second-order valence-corrected chi connectivity index (χ2v) is 11.8. The molecule has 1 unspecified atom stereocenters. The lowest BCUT2D eigenvalue weighted by Gasteiger charge is -2.41. The Hall–Kier alpha value is -3.11. The van der Waals surface area contributed by atoms with Crippen LogP contribution in [0.2, 0.25) is 0 Å². The van der Waals surface area contributed by atoms with E-state index in [9.17, 15) is 30.7 Å². The number of benzene rings is 2. The van der Waals surface area contributed by atoms with Crippen LogP contribution in [0, 0.1) is 5.82 Å². The third-order valence-electron chi connectivity index (χ3n) is 7.92. The van der Waals surface area contributed by atoms with E-state index < -0.39 is 47.7 Å². The van der Waals surface area contributed by atoms with E-state index in [-0.39, 0.29) is 31.0 Å². The highest BCUT2D eigenvalue weighted by Gasteiger charge is 2.40. The molecule has 5 rings (SSSR count). The molecule has 1 aromatic heterocycles. The van der Waals surface area contributed by atoms with Crippen LogP contribution in [0.25, 0.3) is 0 Å². The Balaban J connectivity index is 1.45. The first-order valence-electron chi connectivity index (χ1n) is 15.0. The zero-order valence-corrected chi connectivity index (χ0v) is 25.6. The number of ether oxygens (including phenoxy) is 3. The Morgan fingerprint density at radius 1 is 0.957 bits per heavy atom. The van der Waals surface area contributed by atoms with Crippen molar-refractivity contribution in [3.05, 3.63) is 82.2 Å². The van der Waals surface area contributed by atoms with Crippen molar-refractivity contribution in [1.29, 1.82) is 0 Å². The lowest BCUT2D eigenvalue weighted by Crippen LogP contribution is -2.46. The summed E-state index contributed by atoms with van der Waals surface area (Å²) in [5.74, 6) is 0.715. The number of aromatic nitrogens is 3. The fraction of sp³-hybridized carbons (Fsp3) is 0.548. The van der Waals surface area contributed by atoms with Crippen molar-refractivity contribution in [1.82, 2.24) is 24.6 Å². The highest BCUT2D eigenvalue weighted by atomic mass is 19.4. The van der Waals surface area contributed by atoms with Crippen LogP contribution in [0.3, 0.4) is 0 Å². The molecule has 3 aromatic rings. The van der Waals surface area contributed by atoms with Crippen LogP contribution >= 0.6 is 0 Å². The summed E-state index contributed by atoms with van der Waals surface area (Å²) >= 11 is 0. The molecule has 0 radical (unpaired) electrons. The number of alkyl halides is 6. The second kappa shape index (κ2) is 13.9. The number of nitrogens with zero attached hydrogens (tertiary/aromatic N) is 5. The number of rotatable bonds is 9. The average molecular weight is 660 g/mol. The summed E-state index contributed by atoms with van der Waals surface area (Å²) in [5, 5.41) is 4.78. The van der Waals surface area contributed by atoms with E-state index in [2.05, 4.69) is 0 Å². The van der Waals surface area contributed by atoms with Gasteiger partial charge in [-0.05, 0) is 81.7 Å². The molecule has 4 atom stereocenters. The standard InChI is InChI=1S/C31H36F7N5O3/c1-19(21-14-22(30(33,34)35)16-23(15-21)31(36,37)38)46-29-28(20-7-9-24(32)10-8-20)42(11-13-45-29)17-25-39-26(18-41(2)3)43(40-25)27-6-4-5-12-44-27/h7-10,14-16,19,27-29H,4-6,11-13,17-18H2,1-3H3/t19-,27?,28+,29-/m1/s1. The zero-order valence-electron chi connectivity index (χ0n) is 25.6. The molecule has 2 saturated heterocycles. The van der Waals surface area contributed by atoms with Gasteiger partial charge in [0.05, 0.1) is 43.0 Å². The molecule has 46 heavy (non-hydrogen) atoms. The lowest BCUT2D eigenvalue weighted by atomic mass is 10.0. The van der Waals surface area contributed by atoms with Gasteiger partial charge in [-0.15, -0.1) is 0 Å². The molecule has 2 aliphatic heterocycles. The summed E-state index contributed by atoms with van der Waals surface area (Å²) < 4.78 is 115. The fourth-order valence-electron chi connectivity index (χ4n) is 5.69. The molecule has 0 saturated carbocycles. The van der Waals surface area contributed by atoms with Crippen LogP contribution in [0.1, 0.15) is 78.5 Å². The van der Waals surface area contributed by atoms with Gasteiger partial charge in [-0.25, -0.2) is 14.1 Å². The maximum Gasteiger partial charge on any atom is 0.416 e. The monoisotopic (exact) mass is 659 g/mol. The number of halogens is 7. The van der Waals surface area contributed by atoms with Gasteiger partial charge < -0.3 is 19.1 Å². The summed E-state index contributed by atoms with van der Waals surface area (Å²) in [7, 11) is 3.83. The molecule has 2 aromatic carbocycles. The van der Waals surface area contributed by atoms with E-state index in [4.69, 9.17) is 24.3 Å². The molecule has 252 valence electrons. The zero-order chi connectivity index (χ0) is 33.2. The van der Waals surface area contributed by atoms with Crippen molar-refractivity contribution in [2.75, 3.05) is 33.9 Å². The van der Waals surface area contributed by atoms with Crippen molar-refractivity contribution in [2.24, 2.45) is 0 Å². The Kier molecular flexibility index (Phi) is 10.4. The predicted molar refractivity (Wildman–Crippen MR) is 151 cm³/mol. The van der Waals surface area contributed by atoms with E-state index in [1.54, 1.807) is 4.68 Å². The highest BCUT2D eigenvalue weighted by molar-refractivity contribution is 5.35. The molecule has 0 N–H and O–H groups in total. The van der Waals surface area contributed by atoms with Gasteiger partial charge >= 0.3 is 12.4 Å². The van der Waals surface area contributed by atoms with Crippen molar-refractivity contribution < 1.29 is 44.9 Å². The van der Waals surface area contributed by atoms with Gasteiger partial charge in [0.1, 0.15) is 11.6 Å². The summed E-state index contributed by atoms with van der Waals surface area (Å²) in [6, 6.07) is 6.22. The Morgan fingerprint density at radius 3 is 2.22 bits per heavy atom. The number of hydrogen-bond donors (Lipinski definition) is 0. The van der Waals surface area contributed by atoms with Gasteiger partial charge in [0, 0.05) is 13.2 Å². The van der Waals surface area contributed by atoms with Crippen molar-refractivity contribution >= 4 is 0 Å². The third kappa shape index (κ3) is 8.23. The van der Waals surface area contributed by atoms with E-state index >= 15 is 0 Å². The highest BCUT2D eigenvalue weighted by Crippen LogP contribution is 2.40. The first kappa shape index (κ1) is 34.2. The smallest absolute Gasteiger partial charge is 0.356 e. The van der Waals surface area contributed by atoms with E-state index in [0.29, 0.717) is 49.0 Å². The fourth-order valence-corrected chi connectivity index (χ4v) is 5.69. The first-order chi connectivity index (χ1) is 21.7. The van der Waals surface area contributed by atoms with Crippen LogP contribution in [0.15, 0.2) is 42.5 Å². The minimum atomic E-state index is -5.00. The molecule has 2 aliphatic rings. The van der Waals surface area contributed by atoms with Crippen molar-refractivity contribution in [3.63, 3.8) is 0 Å². The first-order valence-corrected chi connectivity index (χ1v) is 15.0. The molecule has 0 amide bonds.